The standard InChI is InChI=1S/C17H16N2O3/c1-10-4-6-15(21-3)13(8-10)19-17(20)12-5-7-16-14(9-12)18-11(2)22-16/h4-9H,1-3H3,(H,19,20). The van der Waals surface area contributed by atoms with Gasteiger partial charge in [0.05, 0.1) is 12.8 Å². The highest BCUT2D eigenvalue weighted by atomic mass is 16.5. The Balaban J connectivity index is 1.91. The molecule has 5 nitrogen and oxygen atoms in total. The minimum absolute atomic E-state index is 0.216. The first-order valence-corrected chi connectivity index (χ1v) is 6.90. The van der Waals surface area contributed by atoms with Crippen LogP contribution in [0.5, 0.6) is 5.75 Å². The first-order chi connectivity index (χ1) is 10.6. The molecule has 112 valence electrons. The zero-order valence-corrected chi connectivity index (χ0v) is 12.6. The Kier molecular flexibility index (Phi) is 3.55. The van der Waals surface area contributed by atoms with Crippen molar-refractivity contribution in [3.05, 3.63) is 53.4 Å². The van der Waals surface area contributed by atoms with Crippen molar-refractivity contribution in [2.75, 3.05) is 12.4 Å². The molecule has 0 radical (unpaired) electrons. The maximum absolute atomic E-state index is 12.4. The molecule has 0 aliphatic heterocycles. The number of hydrogen-bond acceptors (Lipinski definition) is 4. The summed E-state index contributed by atoms with van der Waals surface area (Å²) in [4.78, 5) is 16.7. The largest absolute Gasteiger partial charge is 0.495 e. The van der Waals surface area contributed by atoms with Gasteiger partial charge in [-0.15, -0.1) is 0 Å². The Bertz CT molecular complexity index is 852. The van der Waals surface area contributed by atoms with E-state index in [1.165, 1.54) is 0 Å². The number of carbonyl (C=O) groups excluding carboxylic acids is 1. The van der Waals surface area contributed by atoms with Gasteiger partial charge < -0.3 is 14.5 Å². The first kappa shape index (κ1) is 14.1. The van der Waals surface area contributed by atoms with Crippen LogP contribution in [0.25, 0.3) is 11.1 Å². The van der Waals surface area contributed by atoms with Crippen LogP contribution in [0, 0.1) is 13.8 Å². The predicted octanol–water partition coefficient (Wildman–Crippen LogP) is 3.71. The fourth-order valence-electron chi connectivity index (χ4n) is 2.30. The molecule has 0 saturated heterocycles. The minimum atomic E-state index is -0.216. The lowest BCUT2D eigenvalue weighted by atomic mass is 10.1. The topological polar surface area (TPSA) is 64.4 Å². The summed E-state index contributed by atoms with van der Waals surface area (Å²) in [5.74, 6) is 0.983. The number of nitrogens with zero attached hydrogens (tertiary/aromatic N) is 1. The molecule has 2 aromatic carbocycles. The van der Waals surface area contributed by atoms with E-state index in [2.05, 4.69) is 10.3 Å². The summed E-state index contributed by atoms with van der Waals surface area (Å²) in [7, 11) is 1.57. The van der Waals surface area contributed by atoms with E-state index in [9.17, 15) is 4.79 Å². The lowest BCUT2D eigenvalue weighted by molar-refractivity contribution is 0.102. The molecule has 0 atom stereocenters. The molecule has 1 heterocycles. The molecule has 0 aliphatic carbocycles. The van der Waals surface area contributed by atoms with Gasteiger partial charge >= 0.3 is 0 Å². The van der Waals surface area contributed by atoms with Crippen molar-refractivity contribution < 1.29 is 13.9 Å². The van der Waals surface area contributed by atoms with E-state index >= 15 is 0 Å². The average molecular weight is 296 g/mol. The molecule has 22 heavy (non-hydrogen) atoms. The maximum Gasteiger partial charge on any atom is 0.255 e. The van der Waals surface area contributed by atoms with Gasteiger partial charge in [-0.25, -0.2) is 4.98 Å². The van der Waals surface area contributed by atoms with Crippen molar-refractivity contribution in [3.8, 4) is 5.75 Å². The molecule has 1 amide bonds. The van der Waals surface area contributed by atoms with E-state index in [1.54, 1.807) is 32.2 Å². The molecule has 3 aromatic rings. The third-order valence-electron chi connectivity index (χ3n) is 3.36. The summed E-state index contributed by atoms with van der Waals surface area (Å²) < 4.78 is 10.7. The van der Waals surface area contributed by atoms with Crippen molar-refractivity contribution in [1.82, 2.24) is 4.98 Å². The Labute approximate surface area is 127 Å². The minimum Gasteiger partial charge on any atom is -0.495 e. The van der Waals surface area contributed by atoms with Gasteiger partial charge in [-0.1, -0.05) is 6.07 Å². The van der Waals surface area contributed by atoms with E-state index in [1.807, 2.05) is 25.1 Å². The number of methoxy groups -OCH3 is 1. The number of aromatic nitrogens is 1. The summed E-state index contributed by atoms with van der Waals surface area (Å²) >= 11 is 0. The van der Waals surface area contributed by atoms with E-state index in [0.29, 0.717) is 34.0 Å². The molecule has 0 bridgehead atoms. The number of rotatable bonds is 3. The number of nitrogens with one attached hydrogen (secondary N) is 1. The van der Waals surface area contributed by atoms with Gasteiger partial charge in [-0.3, -0.25) is 4.79 Å². The highest BCUT2D eigenvalue weighted by Crippen LogP contribution is 2.26. The van der Waals surface area contributed by atoms with Crippen LogP contribution in [0.2, 0.25) is 0 Å². The zero-order valence-electron chi connectivity index (χ0n) is 12.6. The van der Waals surface area contributed by atoms with E-state index < -0.39 is 0 Å². The van der Waals surface area contributed by atoms with Gasteiger partial charge in [0.15, 0.2) is 11.5 Å². The lowest BCUT2D eigenvalue weighted by Crippen LogP contribution is -2.12. The molecule has 0 unspecified atom stereocenters. The summed E-state index contributed by atoms with van der Waals surface area (Å²) in [6.07, 6.45) is 0. The second-order valence-corrected chi connectivity index (χ2v) is 5.07. The maximum atomic E-state index is 12.4. The molecule has 0 saturated carbocycles. The Morgan fingerprint density at radius 3 is 2.77 bits per heavy atom. The van der Waals surface area contributed by atoms with Crippen LogP contribution >= 0.6 is 0 Å². The van der Waals surface area contributed by atoms with Crippen LogP contribution in [0.3, 0.4) is 0 Å². The molecule has 1 N–H and O–H groups in total. The SMILES string of the molecule is COc1ccc(C)cc1NC(=O)c1ccc2oc(C)nc2c1. The molecule has 0 aliphatic rings. The van der Waals surface area contributed by atoms with Gasteiger partial charge in [-0.05, 0) is 42.8 Å². The normalized spacial score (nSPS) is 10.7. The second-order valence-electron chi connectivity index (χ2n) is 5.07. The van der Waals surface area contributed by atoms with E-state index in [-0.39, 0.29) is 5.91 Å². The summed E-state index contributed by atoms with van der Waals surface area (Å²) in [5.41, 5.74) is 3.54. The van der Waals surface area contributed by atoms with Crippen LogP contribution in [-0.2, 0) is 0 Å². The van der Waals surface area contributed by atoms with Crippen molar-refractivity contribution in [2.45, 2.75) is 13.8 Å². The van der Waals surface area contributed by atoms with Crippen molar-refractivity contribution in [3.63, 3.8) is 0 Å². The summed E-state index contributed by atoms with van der Waals surface area (Å²) in [5, 5.41) is 2.87. The highest BCUT2D eigenvalue weighted by Gasteiger charge is 2.12. The van der Waals surface area contributed by atoms with Crippen LogP contribution in [0.1, 0.15) is 21.8 Å². The highest BCUT2D eigenvalue weighted by molar-refractivity contribution is 6.06. The zero-order chi connectivity index (χ0) is 15.7. The van der Waals surface area contributed by atoms with Crippen molar-refractivity contribution in [1.29, 1.82) is 0 Å². The predicted molar refractivity (Wildman–Crippen MR) is 84.4 cm³/mol. The van der Waals surface area contributed by atoms with Crippen molar-refractivity contribution in [2.24, 2.45) is 0 Å². The van der Waals surface area contributed by atoms with Crippen molar-refractivity contribution >= 4 is 22.7 Å². The van der Waals surface area contributed by atoms with Crippen LogP contribution in [-0.4, -0.2) is 18.0 Å². The van der Waals surface area contributed by atoms with Gasteiger partial charge in [0, 0.05) is 12.5 Å². The molecule has 3 rings (SSSR count). The van der Waals surface area contributed by atoms with Gasteiger partial charge in [0.25, 0.3) is 5.91 Å². The number of aryl methyl sites for hydroxylation is 2. The molecule has 5 heteroatoms. The number of benzene rings is 2. The Morgan fingerprint density at radius 1 is 1.18 bits per heavy atom. The van der Waals surface area contributed by atoms with Gasteiger partial charge in [-0.2, -0.15) is 0 Å². The van der Waals surface area contributed by atoms with E-state index in [0.717, 1.165) is 5.56 Å². The molecule has 0 spiro atoms. The monoisotopic (exact) mass is 296 g/mol. The lowest BCUT2D eigenvalue weighted by Gasteiger charge is -2.11. The number of oxazole rings is 1. The molecule has 0 fully saturated rings. The number of ether oxygens (including phenoxy) is 1. The van der Waals surface area contributed by atoms with Crippen LogP contribution in [0.4, 0.5) is 5.69 Å². The third-order valence-corrected chi connectivity index (χ3v) is 3.36. The quantitative estimate of drug-likeness (QED) is 0.800. The summed E-state index contributed by atoms with van der Waals surface area (Å²) in [6.45, 7) is 3.73. The van der Waals surface area contributed by atoms with Crippen LogP contribution in [0.15, 0.2) is 40.8 Å². The number of amides is 1. The molecular weight excluding hydrogens is 280 g/mol. The first-order valence-electron chi connectivity index (χ1n) is 6.90. The fraction of sp³-hybridized carbons (Fsp3) is 0.176. The fourth-order valence-corrected chi connectivity index (χ4v) is 2.30. The Hall–Kier alpha value is -2.82. The molecular formula is C17H16N2O3. The number of carbonyl (C=O) groups is 1. The van der Waals surface area contributed by atoms with E-state index in [4.69, 9.17) is 9.15 Å². The number of anilines is 1. The van der Waals surface area contributed by atoms with Crippen LogP contribution < -0.4 is 10.1 Å². The average Bonchev–Trinajstić information content (AvgIpc) is 2.86. The smallest absolute Gasteiger partial charge is 0.255 e. The second kappa shape index (κ2) is 5.52. The van der Waals surface area contributed by atoms with Gasteiger partial charge in [0.2, 0.25) is 0 Å². The summed E-state index contributed by atoms with van der Waals surface area (Å²) in [6, 6.07) is 10.8. The Morgan fingerprint density at radius 2 is 2.00 bits per heavy atom. The molecule has 1 aromatic heterocycles. The number of hydrogen-bond donors (Lipinski definition) is 1. The van der Waals surface area contributed by atoms with Gasteiger partial charge in [0.1, 0.15) is 11.3 Å². The number of fused-ring (bicyclic) bond motifs is 1. The third kappa shape index (κ3) is 2.65.